The monoisotopic (exact) mass is 376 g/mol. The third-order valence-electron chi connectivity index (χ3n) is 4.52. The summed E-state index contributed by atoms with van der Waals surface area (Å²) in [4.78, 5) is 4.59. The second-order valence-electron chi connectivity index (χ2n) is 6.41. The number of aliphatic hydroxyl groups is 1. The first-order chi connectivity index (χ1) is 12.6. The molecule has 6 heteroatoms. The van der Waals surface area contributed by atoms with Crippen molar-refractivity contribution in [1.82, 2.24) is 4.90 Å². The second-order valence-corrected chi connectivity index (χ2v) is 6.84. The molecule has 1 aliphatic heterocycles. The first kappa shape index (κ1) is 18.8. The summed E-state index contributed by atoms with van der Waals surface area (Å²) in [5, 5.41) is 11.0. The average Bonchev–Trinajstić information content (AvgIpc) is 2.67. The maximum atomic E-state index is 10.3. The van der Waals surface area contributed by atoms with E-state index in [-0.39, 0.29) is 6.61 Å². The number of benzene rings is 2. The number of hydrogen-bond donors (Lipinski definition) is 1. The number of piperazine rings is 1. The molecule has 1 saturated heterocycles. The van der Waals surface area contributed by atoms with Crippen molar-refractivity contribution in [3.63, 3.8) is 0 Å². The van der Waals surface area contributed by atoms with Crippen LogP contribution in [0.15, 0.2) is 48.5 Å². The third-order valence-corrected chi connectivity index (χ3v) is 4.75. The molecule has 1 fully saturated rings. The molecule has 1 aliphatic rings. The summed E-state index contributed by atoms with van der Waals surface area (Å²) in [7, 11) is 1.63. The van der Waals surface area contributed by atoms with E-state index in [9.17, 15) is 5.11 Å². The summed E-state index contributed by atoms with van der Waals surface area (Å²) in [5.41, 5.74) is 1.15. The van der Waals surface area contributed by atoms with Crippen LogP contribution in [0.5, 0.6) is 11.5 Å². The third kappa shape index (κ3) is 5.27. The number of hydrogen-bond acceptors (Lipinski definition) is 5. The maximum Gasteiger partial charge on any atom is 0.119 e. The predicted molar refractivity (Wildman–Crippen MR) is 105 cm³/mol. The van der Waals surface area contributed by atoms with Crippen molar-refractivity contribution in [2.24, 2.45) is 0 Å². The number of β-amino-alcohol motifs (C(OH)–C–C–N with tert-alkyl or cyclic N) is 1. The van der Waals surface area contributed by atoms with E-state index in [4.69, 9.17) is 21.1 Å². The Hall–Kier alpha value is -1.95. The summed E-state index contributed by atoms with van der Waals surface area (Å²) in [5.74, 6) is 1.52. The van der Waals surface area contributed by atoms with Gasteiger partial charge in [-0.15, -0.1) is 0 Å². The lowest BCUT2D eigenvalue weighted by atomic mass is 10.2. The number of aliphatic hydroxyl groups excluding tert-OH is 1. The van der Waals surface area contributed by atoms with Gasteiger partial charge >= 0.3 is 0 Å². The van der Waals surface area contributed by atoms with Crippen LogP contribution in [0.1, 0.15) is 0 Å². The first-order valence-corrected chi connectivity index (χ1v) is 9.19. The molecule has 2 aromatic rings. The first-order valence-electron chi connectivity index (χ1n) is 8.82. The molecule has 0 spiro atoms. The molecule has 0 saturated carbocycles. The van der Waals surface area contributed by atoms with Gasteiger partial charge in [-0.25, -0.2) is 0 Å². The van der Waals surface area contributed by atoms with Crippen LogP contribution in [0.4, 0.5) is 5.69 Å². The lowest BCUT2D eigenvalue weighted by Crippen LogP contribution is -2.49. The van der Waals surface area contributed by atoms with Crippen molar-refractivity contribution >= 4 is 17.3 Å². The van der Waals surface area contributed by atoms with Crippen LogP contribution in [-0.2, 0) is 0 Å². The van der Waals surface area contributed by atoms with Gasteiger partial charge in [-0.05, 0) is 42.5 Å². The number of ether oxygens (including phenoxy) is 2. The second kappa shape index (κ2) is 9.12. The quantitative estimate of drug-likeness (QED) is 0.805. The summed E-state index contributed by atoms with van der Waals surface area (Å²) >= 11 is 6.07. The summed E-state index contributed by atoms with van der Waals surface area (Å²) in [6, 6.07) is 15.3. The van der Waals surface area contributed by atoms with Gasteiger partial charge in [0.1, 0.15) is 24.2 Å². The molecular weight excluding hydrogens is 352 g/mol. The minimum Gasteiger partial charge on any atom is -0.497 e. The van der Waals surface area contributed by atoms with E-state index >= 15 is 0 Å². The van der Waals surface area contributed by atoms with Crippen LogP contribution in [-0.4, -0.2) is 62.6 Å². The van der Waals surface area contributed by atoms with Gasteiger partial charge in [0.2, 0.25) is 0 Å². The minimum absolute atomic E-state index is 0.279. The average molecular weight is 377 g/mol. The molecule has 0 aromatic heterocycles. The van der Waals surface area contributed by atoms with E-state index in [1.54, 1.807) is 7.11 Å². The molecule has 1 atom stereocenters. The Morgan fingerprint density at radius 3 is 2.38 bits per heavy atom. The molecule has 0 radical (unpaired) electrons. The van der Waals surface area contributed by atoms with E-state index < -0.39 is 6.10 Å². The minimum atomic E-state index is -0.519. The van der Waals surface area contributed by atoms with Gasteiger partial charge in [-0.3, -0.25) is 4.90 Å². The normalized spacial score (nSPS) is 16.3. The predicted octanol–water partition coefficient (Wildman–Crippen LogP) is 2.91. The molecule has 1 heterocycles. The molecule has 0 aliphatic carbocycles. The fraction of sp³-hybridized carbons (Fsp3) is 0.400. The van der Waals surface area contributed by atoms with Crippen molar-refractivity contribution in [2.45, 2.75) is 6.10 Å². The fourth-order valence-corrected chi connectivity index (χ4v) is 3.26. The Morgan fingerprint density at radius 2 is 1.73 bits per heavy atom. The number of anilines is 1. The Bertz CT molecular complexity index is 688. The summed E-state index contributed by atoms with van der Waals surface area (Å²) < 4.78 is 10.8. The van der Waals surface area contributed by atoms with Gasteiger partial charge in [-0.1, -0.05) is 17.7 Å². The Kier molecular flexibility index (Phi) is 6.61. The van der Waals surface area contributed by atoms with Gasteiger partial charge in [0.15, 0.2) is 0 Å². The SMILES string of the molecule is COc1ccc(OCC(O)CN2CCN(c3cccc(Cl)c3)CC2)cc1. The molecule has 5 nitrogen and oxygen atoms in total. The van der Waals surface area contributed by atoms with Crippen molar-refractivity contribution < 1.29 is 14.6 Å². The van der Waals surface area contributed by atoms with E-state index in [1.165, 1.54) is 0 Å². The Morgan fingerprint density at radius 1 is 1.04 bits per heavy atom. The topological polar surface area (TPSA) is 45.2 Å². The fourth-order valence-electron chi connectivity index (χ4n) is 3.08. The highest BCUT2D eigenvalue weighted by molar-refractivity contribution is 6.30. The number of rotatable bonds is 7. The Balaban J connectivity index is 1.40. The molecule has 0 amide bonds. The standard InChI is InChI=1S/C20H25ClN2O3/c1-25-19-5-7-20(8-6-19)26-15-18(24)14-22-9-11-23(12-10-22)17-4-2-3-16(21)13-17/h2-8,13,18,24H,9-12,14-15H2,1H3. The van der Waals surface area contributed by atoms with Crippen molar-refractivity contribution in [3.8, 4) is 11.5 Å². The smallest absolute Gasteiger partial charge is 0.119 e. The highest BCUT2D eigenvalue weighted by Crippen LogP contribution is 2.21. The van der Waals surface area contributed by atoms with Crippen LogP contribution in [0.3, 0.4) is 0 Å². The van der Waals surface area contributed by atoms with Crippen LogP contribution < -0.4 is 14.4 Å². The molecule has 1 unspecified atom stereocenters. The van der Waals surface area contributed by atoms with E-state index in [0.29, 0.717) is 6.54 Å². The van der Waals surface area contributed by atoms with Gasteiger partial charge in [0.25, 0.3) is 0 Å². The maximum absolute atomic E-state index is 10.3. The highest BCUT2D eigenvalue weighted by Gasteiger charge is 2.20. The van der Waals surface area contributed by atoms with Crippen molar-refractivity contribution in [1.29, 1.82) is 0 Å². The van der Waals surface area contributed by atoms with Crippen molar-refractivity contribution in [3.05, 3.63) is 53.6 Å². The van der Waals surface area contributed by atoms with E-state index in [2.05, 4.69) is 15.9 Å². The van der Waals surface area contributed by atoms with Crippen molar-refractivity contribution in [2.75, 3.05) is 51.3 Å². The van der Waals surface area contributed by atoms with Crippen LogP contribution in [0.25, 0.3) is 0 Å². The molecule has 1 N–H and O–H groups in total. The number of methoxy groups -OCH3 is 1. The molecular formula is C20H25ClN2O3. The number of nitrogens with zero attached hydrogens (tertiary/aromatic N) is 2. The van der Waals surface area contributed by atoms with Gasteiger partial charge < -0.3 is 19.5 Å². The lowest BCUT2D eigenvalue weighted by Gasteiger charge is -2.36. The summed E-state index contributed by atoms with van der Waals surface area (Å²) in [6.45, 7) is 4.55. The molecule has 26 heavy (non-hydrogen) atoms. The summed E-state index contributed by atoms with van der Waals surface area (Å²) in [6.07, 6.45) is -0.519. The zero-order valence-electron chi connectivity index (χ0n) is 15.0. The molecule has 140 valence electrons. The van der Waals surface area contributed by atoms with Crippen LogP contribution in [0, 0.1) is 0 Å². The largest absolute Gasteiger partial charge is 0.497 e. The molecule has 2 aromatic carbocycles. The van der Waals surface area contributed by atoms with Gasteiger partial charge in [0.05, 0.1) is 7.11 Å². The number of halogens is 1. The van der Waals surface area contributed by atoms with Gasteiger partial charge in [-0.2, -0.15) is 0 Å². The molecule has 3 rings (SSSR count). The van der Waals surface area contributed by atoms with Crippen LogP contribution >= 0.6 is 11.6 Å². The zero-order chi connectivity index (χ0) is 18.4. The van der Waals surface area contributed by atoms with Gasteiger partial charge in [0, 0.05) is 43.4 Å². The zero-order valence-corrected chi connectivity index (χ0v) is 15.7. The lowest BCUT2D eigenvalue weighted by molar-refractivity contribution is 0.0663. The van der Waals surface area contributed by atoms with E-state index in [1.807, 2.05) is 42.5 Å². The van der Waals surface area contributed by atoms with E-state index in [0.717, 1.165) is 48.4 Å². The Labute approximate surface area is 159 Å². The van der Waals surface area contributed by atoms with Crippen LogP contribution in [0.2, 0.25) is 5.02 Å². The molecule has 0 bridgehead atoms. The highest BCUT2D eigenvalue weighted by atomic mass is 35.5.